The van der Waals surface area contributed by atoms with Gasteiger partial charge in [-0.2, -0.15) is 0 Å². The van der Waals surface area contributed by atoms with Crippen LogP contribution in [0.4, 0.5) is 4.39 Å². The van der Waals surface area contributed by atoms with Gasteiger partial charge in [0.1, 0.15) is 5.75 Å². The molecule has 0 amide bonds. The van der Waals surface area contributed by atoms with E-state index < -0.39 is 0 Å². The minimum atomic E-state index is -0.335. The Hall–Kier alpha value is -1.09. The van der Waals surface area contributed by atoms with Gasteiger partial charge in [0.25, 0.3) is 0 Å². The highest BCUT2D eigenvalue weighted by Gasteiger charge is 1.99. The number of benzene rings is 1. The molecule has 1 aromatic rings. The summed E-state index contributed by atoms with van der Waals surface area (Å²) in [5.74, 6) is 0.767. The van der Waals surface area contributed by atoms with Crippen molar-refractivity contribution in [1.29, 1.82) is 0 Å². The number of halogens is 1. The standard InChI is InChI=1S/C11H16FNO/c1-9(13)10-3-5-11(6-4-10)14-8-2-7-12/h3-6,9H,2,7-8,13H2,1H3/t9-/m1/s1. The fourth-order valence-corrected chi connectivity index (χ4v) is 1.11. The molecule has 0 spiro atoms. The van der Waals surface area contributed by atoms with Gasteiger partial charge in [0.05, 0.1) is 13.3 Å². The molecule has 0 aliphatic rings. The Kier molecular flexibility index (Phi) is 4.40. The number of hydrogen-bond donors (Lipinski definition) is 1. The molecule has 1 atom stereocenters. The van der Waals surface area contributed by atoms with Gasteiger partial charge < -0.3 is 10.5 Å². The molecule has 0 radical (unpaired) electrons. The van der Waals surface area contributed by atoms with E-state index in [0.717, 1.165) is 11.3 Å². The lowest BCUT2D eigenvalue weighted by Gasteiger charge is -2.08. The summed E-state index contributed by atoms with van der Waals surface area (Å²) in [7, 11) is 0. The van der Waals surface area contributed by atoms with Crippen molar-refractivity contribution in [3.8, 4) is 5.75 Å². The molecule has 0 aliphatic heterocycles. The summed E-state index contributed by atoms with van der Waals surface area (Å²) in [6, 6.07) is 7.61. The van der Waals surface area contributed by atoms with Crippen molar-refractivity contribution < 1.29 is 9.13 Å². The molecule has 2 nitrogen and oxygen atoms in total. The van der Waals surface area contributed by atoms with E-state index in [0.29, 0.717) is 13.0 Å². The van der Waals surface area contributed by atoms with Crippen LogP contribution < -0.4 is 10.5 Å². The van der Waals surface area contributed by atoms with Gasteiger partial charge in [-0.15, -0.1) is 0 Å². The lowest BCUT2D eigenvalue weighted by atomic mass is 10.1. The molecule has 0 saturated heterocycles. The average molecular weight is 197 g/mol. The molecule has 14 heavy (non-hydrogen) atoms. The van der Waals surface area contributed by atoms with Gasteiger partial charge in [0.2, 0.25) is 0 Å². The van der Waals surface area contributed by atoms with Crippen LogP contribution in [0.2, 0.25) is 0 Å². The summed E-state index contributed by atoms with van der Waals surface area (Å²) < 4.78 is 17.1. The van der Waals surface area contributed by atoms with Gasteiger partial charge in [-0.05, 0) is 24.6 Å². The van der Waals surface area contributed by atoms with Gasteiger partial charge >= 0.3 is 0 Å². The molecule has 0 unspecified atom stereocenters. The van der Waals surface area contributed by atoms with Crippen molar-refractivity contribution in [1.82, 2.24) is 0 Å². The first-order valence-electron chi connectivity index (χ1n) is 4.78. The highest BCUT2D eigenvalue weighted by molar-refractivity contribution is 5.28. The first-order valence-corrected chi connectivity index (χ1v) is 4.78. The Morgan fingerprint density at radius 1 is 1.36 bits per heavy atom. The van der Waals surface area contributed by atoms with E-state index in [4.69, 9.17) is 10.5 Å². The molecule has 0 saturated carbocycles. The van der Waals surface area contributed by atoms with Crippen molar-refractivity contribution in [3.63, 3.8) is 0 Å². The van der Waals surface area contributed by atoms with Gasteiger partial charge in [-0.25, -0.2) is 0 Å². The third-order valence-electron chi connectivity index (χ3n) is 1.95. The average Bonchev–Trinajstić information content (AvgIpc) is 2.19. The Labute approximate surface area is 83.9 Å². The molecular formula is C11H16FNO. The largest absolute Gasteiger partial charge is 0.494 e. The number of nitrogens with two attached hydrogens (primary N) is 1. The SMILES string of the molecule is C[C@@H](N)c1ccc(OCCCF)cc1. The lowest BCUT2D eigenvalue weighted by Crippen LogP contribution is -2.04. The zero-order valence-electron chi connectivity index (χ0n) is 8.37. The topological polar surface area (TPSA) is 35.2 Å². The molecule has 0 aliphatic carbocycles. The third-order valence-corrected chi connectivity index (χ3v) is 1.95. The third kappa shape index (κ3) is 3.34. The van der Waals surface area contributed by atoms with Crippen LogP contribution in [0.15, 0.2) is 24.3 Å². The van der Waals surface area contributed by atoms with Crippen LogP contribution in [0.1, 0.15) is 24.9 Å². The molecule has 78 valence electrons. The van der Waals surface area contributed by atoms with Crippen LogP contribution in [0.25, 0.3) is 0 Å². The second kappa shape index (κ2) is 5.60. The zero-order valence-corrected chi connectivity index (χ0v) is 8.37. The molecule has 0 bridgehead atoms. The van der Waals surface area contributed by atoms with Gasteiger partial charge in [0.15, 0.2) is 0 Å². The minimum absolute atomic E-state index is 0.0369. The summed E-state index contributed by atoms with van der Waals surface area (Å²) in [6.07, 6.45) is 0.440. The van der Waals surface area contributed by atoms with E-state index in [1.165, 1.54) is 0 Å². The molecule has 0 fully saturated rings. The summed E-state index contributed by atoms with van der Waals surface area (Å²) >= 11 is 0. The van der Waals surface area contributed by atoms with E-state index in [2.05, 4.69) is 0 Å². The Balaban J connectivity index is 2.47. The van der Waals surface area contributed by atoms with Crippen LogP contribution >= 0.6 is 0 Å². The maximum Gasteiger partial charge on any atom is 0.119 e. The first-order chi connectivity index (χ1) is 6.74. The second-order valence-corrected chi connectivity index (χ2v) is 3.25. The Bertz CT molecular complexity index is 258. The van der Waals surface area contributed by atoms with Crippen LogP contribution in [0.3, 0.4) is 0 Å². The minimum Gasteiger partial charge on any atom is -0.494 e. The molecule has 0 aromatic heterocycles. The van der Waals surface area contributed by atoms with Crippen molar-refractivity contribution in [3.05, 3.63) is 29.8 Å². The van der Waals surface area contributed by atoms with E-state index in [1.54, 1.807) is 0 Å². The molecule has 1 rings (SSSR count). The molecule has 2 N–H and O–H groups in total. The Morgan fingerprint density at radius 2 is 2.00 bits per heavy atom. The monoisotopic (exact) mass is 197 g/mol. The van der Waals surface area contributed by atoms with Crippen molar-refractivity contribution in [2.24, 2.45) is 5.73 Å². The van der Waals surface area contributed by atoms with E-state index in [1.807, 2.05) is 31.2 Å². The van der Waals surface area contributed by atoms with Gasteiger partial charge in [0, 0.05) is 12.5 Å². The van der Waals surface area contributed by atoms with Crippen LogP contribution in [-0.2, 0) is 0 Å². The summed E-state index contributed by atoms with van der Waals surface area (Å²) in [4.78, 5) is 0. The normalized spacial score (nSPS) is 12.5. The van der Waals surface area contributed by atoms with E-state index >= 15 is 0 Å². The lowest BCUT2D eigenvalue weighted by molar-refractivity contribution is 0.289. The summed E-state index contributed by atoms with van der Waals surface area (Å²) in [5.41, 5.74) is 6.77. The predicted octanol–water partition coefficient (Wildman–Crippen LogP) is 2.44. The van der Waals surface area contributed by atoms with Crippen molar-refractivity contribution >= 4 is 0 Å². The van der Waals surface area contributed by atoms with Crippen LogP contribution in [-0.4, -0.2) is 13.3 Å². The molecular weight excluding hydrogens is 181 g/mol. The number of alkyl halides is 1. The van der Waals surface area contributed by atoms with E-state index in [9.17, 15) is 4.39 Å². The summed E-state index contributed by atoms with van der Waals surface area (Å²) in [6.45, 7) is 2.02. The summed E-state index contributed by atoms with van der Waals surface area (Å²) in [5, 5.41) is 0. The van der Waals surface area contributed by atoms with Crippen molar-refractivity contribution in [2.75, 3.05) is 13.3 Å². The van der Waals surface area contributed by atoms with Crippen LogP contribution in [0.5, 0.6) is 5.75 Å². The smallest absolute Gasteiger partial charge is 0.119 e. The predicted molar refractivity (Wildman–Crippen MR) is 55.1 cm³/mol. The molecule has 0 heterocycles. The van der Waals surface area contributed by atoms with E-state index in [-0.39, 0.29) is 12.7 Å². The highest BCUT2D eigenvalue weighted by atomic mass is 19.1. The second-order valence-electron chi connectivity index (χ2n) is 3.25. The maximum absolute atomic E-state index is 11.8. The number of hydrogen-bond acceptors (Lipinski definition) is 2. The highest BCUT2D eigenvalue weighted by Crippen LogP contribution is 2.15. The Morgan fingerprint density at radius 3 is 2.50 bits per heavy atom. The fourth-order valence-electron chi connectivity index (χ4n) is 1.11. The van der Waals surface area contributed by atoms with Gasteiger partial charge in [-0.3, -0.25) is 4.39 Å². The fraction of sp³-hybridized carbons (Fsp3) is 0.455. The molecule has 1 aromatic carbocycles. The number of rotatable bonds is 5. The quantitative estimate of drug-likeness (QED) is 0.736. The first kappa shape index (κ1) is 11.0. The number of ether oxygens (including phenoxy) is 1. The molecule has 3 heteroatoms. The maximum atomic E-state index is 11.8. The van der Waals surface area contributed by atoms with Crippen molar-refractivity contribution in [2.45, 2.75) is 19.4 Å². The van der Waals surface area contributed by atoms with Crippen LogP contribution in [0, 0.1) is 0 Å². The van der Waals surface area contributed by atoms with Gasteiger partial charge in [-0.1, -0.05) is 12.1 Å². The zero-order chi connectivity index (χ0) is 10.4.